The van der Waals surface area contributed by atoms with E-state index in [1.54, 1.807) is 16.1 Å². The summed E-state index contributed by atoms with van der Waals surface area (Å²) in [6.07, 6.45) is 5.43. The Balaban J connectivity index is 1.43. The van der Waals surface area contributed by atoms with Gasteiger partial charge in [0.25, 0.3) is 0 Å². The molecule has 0 radical (unpaired) electrons. The highest BCUT2D eigenvalue weighted by molar-refractivity contribution is 5.84. The number of rotatable bonds is 9. The zero-order valence-electron chi connectivity index (χ0n) is 17.7. The van der Waals surface area contributed by atoms with Crippen LogP contribution in [-0.4, -0.2) is 38.9 Å². The van der Waals surface area contributed by atoms with Crippen LogP contribution in [0.2, 0.25) is 0 Å². The summed E-state index contributed by atoms with van der Waals surface area (Å²) in [6, 6.07) is 17.3. The van der Waals surface area contributed by atoms with Crippen LogP contribution in [0.5, 0.6) is 0 Å². The molecule has 1 saturated carbocycles. The van der Waals surface area contributed by atoms with Crippen molar-refractivity contribution in [1.29, 1.82) is 0 Å². The van der Waals surface area contributed by atoms with Crippen LogP contribution in [0, 0.1) is 0 Å². The minimum absolute atomic E-state index is 0.0520. The van der Waals surface area contributed by atoms with Gasteiger partial charge in [-0.15, -0.1) is 0 Å². The zero-order chi connectivity index (χ0) is 21.6. The summed E-state index contributed by atoms with van der Waals surface area (Å²) in [4.78, 5) is 29.6. The third kappa shape index (κ3) is 5.57. The molecule has 7 nitrogen and oxygen atoms in total. The predicted octanol–water partition coefficient (Wildman–Crippen LogP) is 3.52. The van der Waals surface area contributed by atoms with Gasteiger partial charge in [-0.05, 0) is 42.7 Å². The number of hydrogen-bond acceptors (Lipinski definition) is 3. The average molecular weight is 421 g/mol. The molecule has 0 atom stereocenters. The normalized spacial score (nSPS) is 13.1. The van der Waals surface area contributed by atoms with Gasteiger partial charge in [0, 0.05) is 31.5 Å². The van der Waals surface area contributed by atoms with E-state index in [-0.39, 0.29) is 24.5 Å². The van der Waals surface area contributed by atoms with E-state index >= 15 is 0 Å². The van der Waals surface area contributed by atoms with E-state index in [1.807, 2.05) is 72.4 Å². The second-order valence-electron chi connectivity index (χ2n) is 7.94. The first-order valence-corrected chi connectivity index (χ1v) is 10.6. The van der Waals surface area contributed by atoms with Crippen LogP contribution in [0.25, 0.3) is 0 Å². The van der Waals surface area contributed by atoms with Gasteiger partial charge in [0.15, 0.2) is 0 Å². The van der Waals surface area contributed by atoms with Gasteiger partial charge in [-0.3, -0.25) is 4.79 Å². The molecule has 1 N–H and O–H groups in total. The molecule has 162 valence electrons. The van der Waals surface area contributed by atoms with Gasteiger partial charge in [-0.2, -0.15) is 0 Å². The van der Waals surface area contributed by atoms with Gasteiger partial charge in [0.1, 0.15) is 12.3 Å². The molecule has 0 aliphatic heterocycles. The van der Waals surface area contributed by atoms with Crippen molar-refractivity contribution >= 4 is 11.9 Å². The van der Waals surface area contributed by atoms with Crippen LogP contribution in [0.1, 0.15) is 29.9 Å². The molecule has 2 aromatic heterocycles. The van der Waals surface area contributed by atoms with Crippen LogP contribution in [0.3, 0.4) is 0 Å². The number of aromatic nitrogens is 1. The fraction of sp³-hybridized carbons (Fsp3) is 0.333. The average Bonchev–Trinajstić information content (AvgIpc) is 3.34. The molecule has 7 heteroatoms. The molecular formula is C24H28N4O3. The molecule has 0 unspecified atom stereocenters. The Morgan fingerprint density at radius 3 is 2.52 bits per heavy atom. The number of benzene rings is 1. The smallest absolute Gasteiger partial charge is 0.318 e. The molecule has 2 heterocycles. The third-order valence-corrected chi connectivity index (χ3v) is 5.52. The molecule has 4 rings (SSSR count). The molecule has 1 aliphatic rings. The number of carbonyl (C=O) groups excluding carboxylic acids is 2. The van der Waals surface area contributed by atoms with Crippen molar-refractivity contribution in [2.45, 2.75) is 38.5 Å². The Morgan fingerprint density at radius 1 is 1.06 bits per heavy atom. The Bertz CT molecular complexity index is 993. The van der Waals surface area contributed by atoms with Gasteiger partial charge in [-0.1, -0.05) is 30.3 Å². The molecule has 3 aromatic rings. The zero-order valence-corrected chi connectivity index (χ0v) is 17.7. The van der Waals surface area contributed by atoms with Crippen molar-refractivity contribution in [2.24, 2.45) is 7.05 Å². The molecule has 0 bridgehead atoms. The monoisotopic (exact) mass is 420 g/mol. The van der Waals surface area contributed by atoms with Gasteiger partial charge >= 0.3 is 6.03 Å². The van der Waals surface area contributed by atoms with Crippen LogP contribution in [0.4, 0.5) is 4.79 Å². The lowest BCUT2D eigenvalue weighted by Crippen LogP contribution is -2.47. The summed E-state index contributed by atoms with van der Waals surface area (Å²) in [5.74, 6) is 0.619. The van der Waals surface area contributed by atoms with Crippen LogP contribution >= 0.6 is 0 Å². The number of amides is 3. The maximum atomic E-state index is 13.3. The molecule has 1 aromatic carbocycles. The van der Waals surface area contributed by atoms with E-state index in [2.05, 4.69) is 5.32 Å². The standard InChI is InChI=1S/C24H28N4O3/c1-26-13-5-9-21(26)16-27(17-22-10-6-14-31-22)23(29)18-28(20-11-12-20)24(30)25-15-19-7-3-2-4-8-19/h2-10,13-14,20H,11-12,15-18H2,1H3,(H,25,30). The Morgan fingerprint density at radius 2 is 1.87 bits per heavy atom. The van der Waals surface area contributed by atoms with E-state index in [9.17, 15) is 9.59 Å². The minimum Gasteiger partial charge on any atom is -0.467 e. The molecule has 0 spiro atoms. The SMILES string of the molecule is Cn1cccc1CN(Cc1ccco1)C(=O)CN(C(=O)NCc1ccccc1)C1CC1. The fourth-order valence-electron chi connectivity index (χ4n) is 3.55. The fourth-order valence-corrected chi connectivity index (χ4v) is 3.55. The van der Waals surface area contributed by atoms with Crippen LogP contribution in [-0.2, 0) is 31.5 Å². The van der Waals surface area contributed by atoms with E-state index in [0.717, 1.165) is 24.1 Å². The van der Waals surface area contributed by atoms with Gasteiger partial charge in [0.05, 0.1) is 19.4 Å². The predicted molar refractivity (Wildman–Crippen MR) is 117 cm³/mol. The summed E-state index contributed by atoms with van der Waals surface area (Å²) in [5.41, 5.74) is 2.05. The largest absolute Gasteiger partial charge is 0.467 e. The lowest BCUT2D eigenvalue weighted by molar-refractivity contribution is -0.133. The van der Waals surface area contributed by atoms with Crippen molar-refractivity contribution in [3.8, 4) is 0 Å². The van der Waals surface area contributed by atoms with Crippen molar-refractivity contribution < 1.29 is 14.0 Å². The summed E-state index contributed by atoms with van der Waals surface area (Å²) < 4.78 is 7.46. The second-order valence-corrected chi connectivity index (χ2v) is 7.94. The number of urea groups is 1. The summed E-state index contributed by atoms with van der Waals surface area (Å²) in [6.45, 7) is 1.31. The number of aryl methyl sites for hydroxylation is 1. The van der Waals surface area contributed by atoms with Crippen LogP contribution < -0.4 is 5.32 Å². The number of nitrogens with zero attached hydrogens (tertiary/aromatic N) is 3. The maximum absolute atomic E-state index is 13.3. The van der Waals surface area contributed by atoms with Gasteiger partial charge < -0.3 is 24.1 Å². The molecule has 1 aliphatic carbocycles. The van der Waals surface area contributed by atoms with E-state index in [4.69, 9.17) is 4.42 Å². The number of furan rings is 1. The van der Waals surface area contributed by atoms with Crippen molar-refractivity contribution in [3.63, 3.8) is 0 Å². The van der Waals surface area contributed by atoms with Gasteiger partial charge in [0.2, 0.25) is 5.91 Å². The summed E-state index contributed by atoms with van der Waals surface area (Å²) in [7, 11) is 1.96. The first kappa shape index (κ1) is 20.8. The Hall–Kier alpha value is -3.48. The molecule has 1 fully saturated rings. The van der Waals surface area contributed by atoms with Crippen molar-refractivity contribution in [1.82, 2.24) is 19.7 Å². The number of carbonyl (C=O) groups is 2. The highest BCUT2D eigenvalue weighted by Gasteiger charge is 2.35. The third-order valence-electron chi connectivity index (χ3n) is 5.52. The lowest BCUT2D eigenvalue weighted by Gasteiger charge is -2.27. The first-order valence-electron chi connectivity index (χ1n) is 10.6. The molecule has 3 amide bonds. The molecular weight excluding hydrogens is 392 g/mol. The topological polar surface area (TPSA) is 70.7 Å². The highest BCUT2D eigenvalue weighted by Crippen LogP contribution is 2.27. The van der Waals surface area contributed by atoms with E-state index in [1.165, 1.54) is 0 Å². The van der Waals surface area contributed by atoms with E-state index in [0.29, 0.717) is 25.4 Å². The maximum Gasteiger partial charge on any atom is 0.318 e. The first-order chi connectivity index (χ1) is 15.1. The minimum atomic E-state index is -0.198. The number of nitrogens with one attached hydrogen (secondary N) is 1. The lowest BCUT2D eigenvalue weighted by atomic mass is 10.2. The molecule has 0 saturated heterocycles. The van der Waals surface area contributed by atoms with Gasteiger partial charge in [-0.25, -0.2) is 4.79 Å². The number of hydrogen-bond donors (Lipinski definition) is 1. The van der Waals surface area contributed by atoms with Crippen molar-refractivity contribution in [2.75, 3.05) is 6.54 Å². The van der Waals surface area contributed by atoms with Crippen LogP contribution in [0.15, 0.2) is 71.5 Å². The Kier molecular flexibility index (Phi) is 6.40. The second kappa shape index (κ2) is 9.55. The summed E-state index contributed by atoms with van der Waals surface area (Å²) in [5, 5.41) is 2.96. The highest BCUT2D eigenvalue weighted by atomic mass is 16.3. The Labute approximate surface area is 182 Å². The quantitative estimate of drug-likeness (QED) is 0.576. The molecule has 31 heavy (non-hydrogen) atoms. The summed E-state index contributed by atoms with van der Waals surface area (Å²) >= 11 is 0. The van der Waals surface area contributed by atoms with Crippen molar-refractivity contribution in [3.05, 3.63) is 84.1 Å². The van der Waals surface area contributed by atoms with E-state index < -0.39 is 0 Å².